The van der Waals surface area contributed by atoms with Gasteiger partial charge in [-0.1, -0.05) is 23.4 Å². The Balaban J connectivity index is 1.71. The fourth-order valence-electron chi connectivity index (χ4n) is 1.89. The summed E-state index contributed by atoms with van der Waals surface area (Å²) in [6, 6.07) is 9.89. The molecule has 0 aliphatic rings. The fourth-order valence-corrected chi connectivity index (χ4v) is 1.89. The number of hydrogen-bond donors (Lipinski definition) is 3. The summed E-state index contributed by atoms with van der Waals surface area (Å²) in [5.41, 5.74) is 1.87. The van der Waals surface area contributed by atoms with Crippen LogP contribution in [0.15, 0.2) is 34.9 Å². The summed E-state index contributed by atoms with van der Waals surface area (Å²) in [4.78, 5) is 11.9. The van der Waals surface area contributed by atoms with Gasteiger partial charge in [0.1, 0.15) is 6.61 Å². The Hall–Kier alpha value is -2.34. The van der Waals surface area contributed by atoms with Crippen LogP contribution in [-0.4, -0.2) is 29.3 Å². The number of hydrogen-bond acceptors (Lipinski definition) is 5. The van der Waals surface area contributed by atoms with Gasteiger partial charge in [-0.05, 0) is 25.5 Å². The van der Waals surface area contributed by atoms with Gasteiger partial charge in [0.05, 0.1) is 0 Å². The van der Waals surface area contributed by atoms with E-state index in [4.69, 9.17) is 9.63 Å². The zero-order valence-electron chi connectivity index (χ0n) is 11.9. The standard InChI is InChI=1S/C15H19N3O3/c1-11-13(10-19)21-18-14(11)15(20)17-9-5-8-16-12-6-3-2-4-7-12/h2-4,6-7,16,19H,5,8-10H2,1H3,(H,17,20). The van der Waals surface area contributed by atoms with Gasteiger partial charge in [0.25, 0.3) is 5.91 Å². The van der Waals surface area contributed by atoms with Gasteiger partial charge in [0.2, 0.25) is 0 Å². The highest BCUT2D eigenvalue weighted by atomic mass is 16.5. The third kappa shape index (κ3) is 4.06. The molecule has 0 aliphatic carbocycles. The maximum Gasteiger partial charge on any atom is 0.273 e. The molecule has 1 aromatic carbocycles. The third-order valence-corrected chi connectivity index (χ3v) is 3.12. The topological polar surface area (TPSA) is 87.4 Å². The lowest BCUT2D eigenvalue weighted by molar-refractivity contribution is 0.0943. The van der Waals surface area contributed by atoms with Gasteiger partial charge in [-0.2, -0.15) is 0 Å². The molecule has 1 amide bonds. The Morgan fingerprint density at radius 2 is 2.05 bits per heavy atom. The fraction of sp³-hybridized carbons (Fsp3) is 0.333. The third-order valence-electron chi connectivity index (χ3n) is 3.12. The van der Waals surface area contributed by atoms with E-state index >= 15 is 0 Å². The van der Waals surface area contributed by atoms with Crippen molar-refractivity contribution in [1.82, 2.24) is 10.5 Å². The number of benzene rings is 1. The number of anilines is 1. The van der Waals surface area contributed by atoms with E-state index < -0.39 is 0 Å². The van der Waals surface area contributed by atoms with Crippen LogP contribution < -0.4 is 10.6 Å². The van der Waals surface area contributed by atoms with E-state index in [2.05, 4.69) is 15.8 Å². The zero-order chi connectivity index (χ0) is 15.1. The molecule has 1 heterocycles. The number of para-hydroxylation sites is 1. The largest absolute Gasteiger partial charge is 0.388 e. The van der Waals surface area contributed by atoms with Crippen molar-refractivity contribution in [2.75, 3.05) is 18.4 Å². The van der Waals surface area contributed by atoms with Crippen molar-refractivity contribution in [1.29, 1.82) is 0 Å². The number of carbonyl (C=O) groups is 1. The Kier molecular flexibility index (Phi) is 5.34. The van der Waals surface area contributed by atoms with Crippen LogP contribution >= 0.6 is 0 Å². The minimum absolute atomic E-state index is 0.232. The van der Waals surface area contributed by atoms with Gasteiger partial charge in [0, 0.05) is 24.3 Å². The lowest BCUT2D eigenvalue weighted by Crippen LogP contribution is -2.26. The average molecular weight is 289 g/mol. The predicted octanol–water partition coefficient (Wildman–Crippen LogP) is 1.71. The van der Waals surface area contributed by atoms with Crippen molar-refractivity contribution in [3.63, 3.8) is 0 Å². The van der Waals surface area contributed by atoms with Gasteiger partial charge in [-0.25, -0.2) is 0 Å². The number of aromatic nitrogens is 1. The molecular weight excluding hydrogens is 270 g/mol. The van der Waals surface area contributed by atoms with E-state index in [0.717, 1.165) is 18.7 Å². The Morgan fingerprint density at radius 3 is 2.71 bits per heavy atom. The van der Waals surface area contributed by atoms with Crippen LogP contribution in [0.25, 0.3) is 0 Å². The Bertz CT molecular complexity index is 581. The van der Waals surface area contributed by atoms with Crippen LogP contribution in [0.5, 0.6) is 0 Å². The summed E-state index contributed by atoms with van der Waals surface area (Å²) in [6.07, 6.45) is 0.796. The van der Waals surface area contributed by atoms with E-state index in [9.17, 15) is 4.79 Å². The predicted molar refractivity (Wildman–Crippen MR) is 79.0 cm³/mol. The van der Waals surface area contributed by atoms with E-state index in [1.165, 1.54) is 0 Å². The minimum atomic E-state index is -0.282. The first kappa shape index (κ1) is 15.1. The minimum Gasteiger partial charge on any atom is -0.388 e. The molecule has 6 heteroatoms. The maximum atomic E-state index is 11.9. The number of aliphatic hydroxyl groups is 1. The second-order valence-corrected chi connectivity index (χ2v) is 4.64. The highest BCUT2D eigenvalue weighted by molar-refractivity contribution is 5.93. The van der Waals surface area contributed by atoms with E-state index in [-0.39, 0.29) is 18.2 Å². The highest BCUT2D eigenvalue weighted by Crippen LogP contribution is 2.12. The lowest BCUT2D eigenvalue weighted by atomic mass is 10.2. The van der Waals surface area contributed by atoms with Crippen LogP contribution in [-0.2, 0) is 6.61 Å². The zero-order valence-corrected chi connectivity index (χ0v) is 11.9. The number of nitrogens with one attached hydrogen (secondary N) is 2. The molecule has 0 saturated carbocycles. The first-order valence-electron chi connectivity index (χ1n) is 6.85. The van der Waals surface area contributed by atoms with E-state index in [0.29, 0.717) is 17.9 Å². The highest BCUT2D eigenvalue weighted by Gasteiger charge is 2.17. The van der Waals surface area contributed by atoms with Gasteiger partial charge in [-0.3, -0.25) is 4.79 Å². The summed E-state index contributed by atoms with van der Waals surface area (Å²) >= 11 is 0. The van der Waals surface area contributed by atoms with Gasteiger partial charge >= 0.3 is 0 Å². The van der Waals surface area contributed by atoms with Crippen molar-refractivity contribution >= 4 is 11.6 Å². The van der Waals surface area contributed by atoms with E-state index in [1.807, 2.05) is 30.3 Å². The molecule has 0 saturated heterocycles. The lowest BCUT2D eigenvalue weighted by Gasteiger charge is -2.06. The summed E-state index contributed by atoms with van der Waals surface area (Å²) < 4.78 is 4.88. The maximum absolute atomic E-state index is 11.9. The first-order valence-corrected chi connectivity index (χ1v) is 6.85. The molecule has 1 aromatic heterocycles. The molecule has 0 radical (unpaired) electrons. The second kappa shape index (κ2) is 7.44. The molecule has 0 atom stereocenters. The molecule has 3 N–H and O–H groups in total. The smallest absolute Gasteiger partial charge is 0.273 e. The molecule has 0 unspecified atom stereocenters. The SMILES string of the molecule is Cc1c(C(=O)NCCCNc2ccccc2)noc1CO. The molecular formula is C15H19N3O3. The Labute approximate surface area is 123 Å². The van der Waals surface area contributed by atoms with Crippen LogP contribution in [0.2, 0.25) is 0 Å². The molecule has 0 fully saturated rings. The number of amides is 1. The molecule has 2 rings (SSSR count). The summed E-state index contributed by atoms with van der Waals surface area (Å²) in [6.45, 7) is 2.75. The van der Waals surface area contributed by atoms with Crippen molar-refractivity contribution in [2.24, 2.45) is 0 Å². The van der Waals surface area contributed by atoms with Gasteiger partial charge in [-0.15, -0.1) is 0 Å². The number of rotatable bonds is 7. The van der Waals surface area contributed by atoms with Crippen molar-refractivity contribution < 1.29 is 14.4 Å². The number of nitrogens with zero attached hydrogens (tertiary/aromatic N) is 1. The number of carbonyl (C=O) groups excluding carboxylic acids is 1. The summed E-state index contributed by atoms with van der Waals surface area (Å²) in [5, 5.41) is 18.7. The monoisotopic (exact) mass is 289 g/mol. The van der Waals surface area contributed by atoms with E-state index in [1.54, 1.807) is 6.92 Å². The first-order chi connectivity index (χ1) is 10.2. The van der Waals surface area contributed by atoms with Crippen molar-refractivity contribution in [3.05, 3.63) is 47.3 Å². The van der Waals surface area contributed by atoms with Gasteiger partial charge < -0.3 is 20.3 Å². The molecule has 0 bridgehead atoms. The molecule has 0 aliphatic heterocycles. The number of aliphatic hydroxyl groups excluding tert-OH is 1. The second-order valence-electron chi connectivity index (χ2n) is 4.64. The normalized spacial score (nSPS) is 10.4. The van der Waals surface area contributed by atoms with Crippen LogP contribution in [0.3, 0.4) is 0 Å². The van der Waals surface area contributed by atoms with Crippen molar-refractivity contribution in [3.8, 4) is 0 Å². The average Bonchev–Trinajstić information content (AvgIpc) is 2.88. The van der Waals surface area contributed by atoms with Crippen LogP contribution in [0.4, 0.5) is 5.69 Å². The quantitative estimate of drug-likeness (QED) is 0.675. The molecule has 6 nitrogen and oxygen atoms in total. The Morgan fingerprint density at radius 1 is 1.29 bits per heavy atom. The molecule has 21 heavy (non-hydrogen) atoms. The van der Waals surface area contributed by atoms with Crippen LogP contribution in [0, 0.1) is 6.92 Å². The van der Waals surface area contributed by atoms with Crippen LogP contribution in [0.1, 0.15) is 28.2 Å². The molecule has 112 valence electrons. The van der Waals surface area contributed by atoms with Gasteiger partial charge in [0.15, 0.2) is 11.5 Å². The summed E-state index contributed by atoms with van der Waals surface area (Å²) in [5.74, 6) is 0.0431. The van der Waals surface area contributed by atoms with Crippen molar-refractivity contribution in [2.45, 2.75) is 20.0 Å². The molecule has 0 spiro atoms. The summed E-state index contributed by atoms with van der Waals surface area (Å²) in [7, 11) is 0. The molecule has 2 aromatic rings.